The van der Waals surface area contributed by atoms with E-state index < -0.39 is 0 Å². The minimum atomic E-state index is -0.226. The van der Waals surface area contributed by atoms with Gasteiger partial charge in [0.1, 0.15) is 10.8 Å². The summed E-state index contributed by atoms with van der Waals surface area (Å²) in [6.07, 6.45) is 1.78. The van der Waals surface area contributed by atoms with Gasteiger partial charge in [0.25, 0.3) is 5.91 Å². The lowest BCUT2D eigenvalue weighted by molar-refractivity contribution is 0.0937. The Morgan fingerprint density at radius 3 is 2.84 bits per heavy atom. The van der Waals surface area contributed by atoms with E-state index in [2.05, 4.69) is 10.3 Å². The van der Waals surface area contributed by atoms with Gasteiger partial charge in [-0.25, -0.2) is 4.98 Å². The van der Waals surface area contributed by atoms with Crippen molar-refractivity contribution in [2.45, 2.75) is 13.0 Å². The molecule has 0 saturated carbocycles. The van der Waals surface area contributed by atoms with Gasteiger partial charge in [-0.3, -0.25) is 4.79 Å². The molecule has 25 heavy (non-hydrogen) atoms. The van der Waals surface area contributed by atoms with Crippen LogP contribution in [0.1, 0.15) is 28.9 Å². The van der Waals surface area contributed by atoms with Crippen LogP contribution in [0.25, 0.3) is 10.6 Å². The van der Waals surface area contributed by atoms with Crippen molar-refractivity contribution in [1.82, 2.24) is 10.3 Å². The van der Waals surface area contributed by atoms with Gasteiger partial charge in [-0.1, -0.05) is 18.2 Å². The number of ether oxygens (including phenoxy) is 1. The first kappa shape index (κ1) is 17.0. The lowest BCUT2D eigenvalue weighted by Gasteiger charge is -2.16. The Bertz CT molecular complexity index is 878. The van der Waals surface area contributed by atoms with E-state index >= 15 is 0 Å². The minimum Gasteiger partial charge on any atom is -0.496 e. The first-order valence-electron chi connectivity index (χ1n) is 7.82. The lowest BCUT2D eigenvalue weighted by Crippen LogP contribution is -2.27. The van der Waals surface area contributed by atoms with Crippen molar-refractivity contribution in [3.63, 3.8) is 0 Å². The van der Waals surface area contributed by atoms with Crippen molar-refractivity contribution in [3.05, 3.63) is 65.2 Å². The van der Waals surface area contributed by atoms with Gasteiger partial charge in [0, 0.05) is 22.8 Å². The minimum absolute atomic E-state index is 0.168. The summed E-state index contributed by atoms with van der Waals surface area (Å²) in [5.41, 5.74) is 8.78. The number of rotatable bonds is 5. The molecule has 128 valence electrons. The zero-order valence-corrected chi connectivity index (χ0v) is 14.8. The molecular formula is C19H19N3O2S. The van der Waals surface area contributed by atoms with E-state index in [1.165, 1.54) is 7.11 Å². The van der Waals surface area contributed by atoms with E-state index in [0.29, 0.717) is 17.0 Å². The average Bonchev–Trinajstić information content (AvgIpc) is 3.16. The normalized spacial score (nSPS) is 11.8. The molecule has 0 fully saturated rings. The number of methoxy groups -OCH3 is 1. The van der Waals surface area contributed by atoms with E-state index in [1.807, 2.05) is 36.6 Å². The van der Waals surface area contributed by atoms with Gasteiger partial charge in [0.05, 0.1) is 18.7 Å². The highest BCUT2D eigenvalue weighted by molar-refractivity contribution is 7.13. The number of nitrogens with two attached hydrogens (primary N) is 1. The van der Waals surface area contributed by atoms with Crippen LogP contribution in [0.15, 0.2) is 54.0 Å². The Hall–Kier alpha value is -2.86. The number of hydrogen-bond acceptors (Lipinski definition) is 5. The largest absolute Gasteiger partial charge is 0.496 e. The Morgan fingerprint density at radius 1 is 1.28 bits per heavy atom. The maximum absolute atomic E-state index is 12.6. The second-order valence-corrected chi connectivity index (χ2v) is 6.51. The third kappa shape index (κ3) is 3.80. The van der Waals surface area contributed by atoms with Gasteiger partial charge in [-0.2, -0.15) is 0 Å². The van der Waals surface area contributed by atoms with Crippen LogP contribution in [-0.2, 0) is 0 Å². The summed E-state index contributed by atoms with van der Waals surface area (Å²) in [5, 5.41) is 5.90. The van der Waals surface area contributed by atoms with Crippen LogP contribution in [-0.4, -0.2) is 18.0 Å². The van der Waals surface area contributed by atoms with Gasteiger partial charge in [0.2, 0.25) is 0 Å². The number of nitrogens with zero attached hydrogens (tertiary/aromatic N) is 1. The molecule has 0 spiro atoms. The third-order valence-corrected chi connectivity index (χ3v) is 4.70. The molecule has 1 unspecified atom stereocenters. The Morgan fingerprint density at radius 2 is 2.12 bits per heavy atom. The fourth-order valence-electron chi connectivity index (χ4n) is 2.57. The Balaban J connectivity index is 1.81. The third-order valence-electron chi connectivity index (χ3n) is 3.88. The molecule has 0 bridgehead atoms. The number of thiazole rings is 1. The van der Waals surface area contributed by atoms with E-state index in [9.17, 15) is 4.79 Å². The van der Waals surface area contributed by atoms with Crippen LogP contribution in [0.2, 0.25) is 0 Å². The molecule has 1 amide bonds. The maximum atomic E-state index is 12.6. The predicted molar refractivity (Wildman–Crippen MR) is 101 cm³/mol. The zero-order valence-electron chi connectivity index (χ0n) is 14.0. The van der Waals surface area contributed by atoms with Crippen molar-refractivity contribution in [2.24, 2.45) is 0 Å². The number of carbonyl (C=O) groups excluding carboxylic acids is 1. The Labute approximate surface area is 150 Å². The molecule has 0 aliphatic heterocycles. The molecule has 1 heterocycles. The summed E-state index contributed by atoms with van der Waals surface area (Å²) < 4.78 is 5.25. The predicted octanol–water partition coefficient (Wildman–Crippen LogP) is 3.89. The number of nitrogens with one attached hydrogen (secondary N) is 1. The summed E-state index contributed by atoms with van der Waals surface area (Å²) in [5.74, 6) is 0.270. The van der Waals surface area contributed by atoms with Crippen molar-refractivity contribution < 1.29 is 9.53 Å². The number of amides is 1. The fraction of sp³-hybridized carbons (Fsp3) is 0.158. The molecule has 0 aliphatic carbocycles. The molecular weight excluding hydrogens is 334 g/mol. The van der Waals surface area contributed by atoms with Gasteiger partial charge in [-0.05, 0) is 36.8 Å². The molecule has 6 heteroatoms. The summed E-state index contributed by atoms with van der Waals surface area (Å²) >= 11 is 1.58. The summed E-state index contributed by atoms with van der Waals surface area (Å²) in [7, 11) is 1.53. The standard InChI is InChI=1S/C19H19N3O2S/c1-12(13-4-3-5-14(10-13)19-21-8-9-25-19)22-18(23)16-11-15(20)6-7-17(16)24-2/h3-12H,20H2,1-2H3,(H,22,23). The summed E-state index contributed by atoms with van der Waals surface area (Å²) in [4.78, 5) is 16.9. The Kier molecular flexibility index (Phi) is 5.00. The van der Waals surface area contributed by atoms with Crippen molar-refractivity contribution in [3.8, 4) is 16.3 Å². The highest BCUT2D eigenvalue weighted by Crippen LogP contribution is 2.26. The molecule has 0 radical (unpaired) electrons. The first-order valence-corrected chi connectivity index (χ1v) is 8.70. The molecule has 1 atom stereocenters. The van der Waals surface area contributed by atoms with Crippen LogP contribution >= 0.6 is 11.3 Å². The number of nitrogen functional groups attached to an aromatic ring is 1. The fourth-order valence-corrected chi connectivity index (χ4v) is 3.20. The molecule has 3 N–H and O–H groups in total. The topological polar surface area (TPSA) is 77.2 Å². The molecule has 3 rings (SSSR count). The smallest absolute Gasteiger partial charge is 0.255 e. The highest BCUT2D eigenvalue weighted by Gasteiger charge is 2.16. The van der Waals surface area contributed by atoms with E-state index in [0.717, 1.165) is 16.1 Å². The monoisotopic (exact) mass is 353 g/mol. The quantitative estimate of drug-likeness (QED) is 0.682. The number of benzene rings is 2. The number of aromatic nitrogens is 1. The molecule has 3 aromatic rings. The second kappa shape index (κ2) is 7.36. The van der Waals surface area contributed by atoms with Gasteiger partial charge < -0.3 is 15.8 Å². The first-order chi connectivity index (χ1) is 12.1. The molecule has 0 aliphatic rings. The SMILES string of the molecule is COc1ccc(N)cc1C(=O)NC(C)c1cccc(-c2nccs2)c1. The lowest BCUT2D eigenvalue weighted by atomic mass is 10.0. The van der Waals surface area contributed by atoms with Crippen LogP contribution in [0.5, 0.6) is 5.75 Å². The van der Waals surface area contributed by atoms with Crippen molar-refractivity contribution in [1.29, 1.82) is 0 Å². The number of anilines is 1. The number of hydrogen-bond donors (Lipinski definition) is 2. The molecule has 5 nitrogen and oxygen atoms in total. The average molecular weight is 353 g/mol. The van der Waals surface area contributed by atoms with Crippen LogP contribution in [0, 0.1) is 0 Å². The molecule has 1 aromatic heterocycles. The van der Waals surface area contributed by atoms with Crippen LogP contribution in [0.4, 0.5) is 5.69 Å². The van der Waals surface area contributed by atoms with Crippen LogP contribution in [0.3, 0.4) is 0 Å². The van der Waals surface area contributed by atoms with Gasteiger partial charge in [-0.15, -0.1) is 11.3 Å². The van der Waals surface area contributed by atoms with Gasteiger partial charge in [0.15, 0.2) is 0 Å². The molecule has 2 aromatic carbocycles. The van der Waals surface area contributed by atoms with Crippen molar-refractivity contribution >= 4 is 22.9 Å². The summed E-state index contributed by atoms with van der Waals surface area (Å²) in [6, 6.07) is 12.9. The van der Waals surface area contributed by atoms with Crippen LogP contribution < -0.4 is 15.8 Å². The maximum Gasteiger partial charge on any atom is 0.255 e. The van der Waals surface area contributed by atoms with E-state index in [-0.39, 0.29) is 11.9 Å². The number of carbonyl (C=O) groups is 1. The second-order valence-electron chi connectivity index (χ2n) is 5.62. The highest BCUT2D eigenvalue weighted by atomic mass is 32.1. The molecule has 0 saturated heterocycles. The summed E-state index contributed by atoms with van der Waals surface area (Å²) in [6.45, 7) is 1.94. The zero-order chi connectivity index (χ0) is 17.8. The van der Waals surface area contributed by atoms with E-state index in [1.54, 1.807) is 35.7 Å². The van der Waals surface area contributed by atoms with Crippen molar-refractivity contribution in [2.75, 3.05) is 12.8 Å². The van der Waals surface area contributed by atoms with Gasteiger partial charge >= 0.3 is 0 Å². The van der Waals surface area contributed by atoms with E-state index in [4.69, 9.17) is 10.5 Å².